The third kappa shape index (κ3) is 6.20. The second kappa shape index (κ2) is 11.6. The van der Waals surface area contributed by atoms with Crippen molar-refractivity contribution in [3.63, 3.8) is 0 Å². The van der Waals surface area contributed by atoms with E-state index in [1.807, 2.05) is 35.2 Å². The van der Waals surface area contributed by atoms with Gasteiger partial charge in [0.1, 0.15) is 6.04 Å². The van der Waals surface area contributed by atoms with Crippen molar-refractivity contribution in [2.24, 2.45) is 5.92 Å². The molecule has 2 heterocycles. The molecule has 2 aromatic carbocycles. The van der Waals surface area contributed by atoms with E-state index in [4.69, 9.17) is 9.47 Å². The number of piperidine rings is 1. The van der Waals surface area contributed by atoms with Crippen LogP contribution in [0.2, 0.25) is 0 Å². The molecule has 4 rings (SSSR count). The predicted molar refractivity (Wildman–Crippen MR) is 131 cm³/mol. The van der Waals surface area contributed by atoms with Crippen molar-refractivity contribution >= 4 is 17.7 Å². The van der Waals surface area contributed by atoms with Crippen molar-refractivity contribution in [3.8, 4) is 11.5 Å². The summed E-state index contributed by atoms with van der Waals surface area (Å²) in [7, 11) is 0. The molecule has 2 aliphatic heterocycles. The number of hydrogen-bond donors (Lipinski definition) is 2. The topological polar surface area (TPSA) is 97.0 Å². The van der Waals surface area contributed by atoms with Crippen molar-refractivity contribution in [1.82, 2.24) is 15.5 Å². The zero-order valence-electron chi connectivity index (χ0n) is 19.7. The highest BCUT2D eigenvalue weighted by Crippen LogP contribution is 2.32. The second-order valence-electron chi connectivity index (χ2n) is 8.76. The Morgan fingerprint density at radius 3 is 2.54 bits per heavy atom. The van der Waals surface area contributed by atoms with Gasteiger partial charge in [-0.1, -0.05) is 36.4 Å². The Balaban J connectivity index is 1.36. The van der Waals surface area contributed by atoms with E-state index in [0.29, 0.717) is 62.4 Å². The van der Waals surface area contributed by atoms with E-state index in [9.17, 15) is 14.4 Å². The van der Waals surface area contributed by atoms with Crippen LogP contribution >= 0.6 is 0 Å². The summed E-state index contributed by atoms with van der Waals surface area (Å²) in [5.74, 6) is 0.510. The van der Waals surface area contributed by atoms with Gasteiger partial charge in [0.25, 0.3) is 5.91 Å². The fourth-order valence-corrected chi connectivity index (χ4v) is 4.48. The molecule has 0 aliphatic carbocycles. The van der Waals surface area contributed by atoms with Gasteiger partial charge in [0.05, 0.1) is 0 Å². The Labute approximate surface area is 205 Å². The Hall–Kier alpha value is -3.81. The molecule has 0 saturated carbocycles. The Kier molecular flexibility index (Phi) is 8.03. The Morgan fingerprint density at radius 2 is 1.80 bits per heavy atom. The van der Waals surface area contributed by atoms with Gasteiger partial charge in [-0.3, -0.25) is 14.4 Å². The zero-order chi connectivity index (χ0) is 24.6. The lowest BCUT2D eigenvalue weighted by Crippen LogP contribution is -2.53. The third-order valence-corrected chi connectivity index (χ3v) is 6.46. The average molecular weight is 478 g/mol. The number of nitrogens with one attached hydrogen (secondary N) is 2. The molecule has 2 aliphatic rings. The number of nitrogens with zero attached hydrogens (tertiary/aromatic N) is 1. The largest absolute Gasteiger partial charge is 0.454 e. The van der Waals surface area contributed by atoms with Crippen LogP contribution < -0.4 is 20.1 Å². The number of rotatable bonds is 9. The van der Waals surface area contributed by atoms with Gasteiger partial charge in [0, 0.05) is 31.6 Å². The molecule has 8 nitrogen and oxygen atoms in total. The van der Waals surface area contributed by atoms with Crippen LogP contribution in [0.1, 0.15) is 35.2 Å². The predicted octanol–water partition coefficient (Wildman–Crippen LogP) is 2.69. The SMILES string of the molecule is C=CCNC(=O)C(NC(=O)c1ccc2c(c1)OCO2)C1CCN(C(=O)CCc2ccccc2)CC1. The highest BCUT2D eigenvalue weighted by atomic mass is 16.7. The van der Waals surface area contributed by atoms with Crippen LogP contribution in [0.25, 0.3) is 0 Å². The van der Waals surface area contributed by atoms with Crippen LogP contribution in [-0.2, 0) is 16.0 Å². The molecule has 0 radical (unpaired) electrons. The van der Waals surface area contributed by atoms with Crippen LogP contribution in [0.4, 0.5) is 0 Å². The molecule has 1 unspecified atom stereocenters. The van der Waals surface area contributed by atoms with Gasteiger partial charge in [0.15, 0.2) is 11.5 Å². The lowest BCUT2D eigenvalue weighted by atomic mass is 9.88. The average Bonchev–Trinajstić information content (AvgIpc) is 3.37. The number of amides is 3. The molecule has 0 bridgehead atoms. The van der Waals surface area contributed by atoms with E-state index in [1.54, 1.807) is 24.3 Å². The quantitative estimate of drug-likeness (QED) is 0.542. The first kappa shape index (κ1) is 24.3. The first-order valence-electron chi connectivity index (χ1n) is 12.0. The molecule has 1 fully saturated rings. The van der Waals surface area contributed by atoms with Gasteiger partial charge in [-0.05, 0) is 48.9 Å². The van der Waals surface area contributed by atoms with Crippen LogP contribution in [0.3, 0.4) is 0 Å². The van der Waals surface area contributed by atoms with Gasteiger partial charge in [-0.2, -0.15) is 0 Å². The first-order chi connectivity index (χ1) is 17.0. The smallest absolute Gasteiger partial charge is 0.252 e. The van der Waals surface area contributed by atoms with E-state index in [0.717, 1.165) is 5.56 Å². The van der Waals surface area contributed by atoms with Crippen LogP contribution in [0.5, 0.6) is 11.5 Å². The lowest BCUT2D eigenvalue weighted by Gasteiger charge is -2.36. The maximum atomic E-state index is 13.0. The number of carbonyl (C=O) groups is 3. The summed E-state index contributed by atoms with van der Waals surface area (Å²) >= 11 is 0. The molecule has 3 amide bonds. The van der Waals surface area contributed by atoms with Crippen molar-refractivity contribution in [2.45, 2.75) is 31.7 Å². The second-order valence-corrected chi connectivity index (χ2v) is 8.76. The van der Waals surface area contributed by atoms with Crippen molar-refractivity contribution in [2.75, 3.05) is 26.4 Å². The van der Waals surface area contributed by atoms with Crippen LogP contribution in [0, 0.1) is 5.92 Å². The summed E-state index contributed by atoms with van der Waals surface area (Å²) < 4.78 is 10.7. The van der Waals surface area contributed by atoms with Gasteiger partial charge in [-0.25, -0.2) is 0 Å². The third-order valence-electron chi connectivity index (χ3n) is 6.46. The molecular formula is C27H31N3O5. The fourth-order valence-electron chi connectivity index (χ4n) is 4.48. The molecule has 184 valence electrons. The summed E-state index contributed by atoms with van der Waals surface area (Å²) in [6.07, 6.45) is 4.02. The van der Waals surface area contributed by atoms with E-state index in [2.05, 4.69) is 17.2 Å². The molecule has 0 aromatic heterocycles. The zero-order valence-corrected chi connectivity index (χ0v) is 19.7. The number of ether oxygens (including phenoxy) is 2. The minimum Gasteiger partial charge on any atom is -0.454 e. The number of carbonyl (C=O) groups excluding carboxylic acids is 3. The molecular weight excluding hydrogens is 446 g/mol. The minimum atomic E-state index is -0.713. The van der Waals surface area contributed by atoms with E-state index < -0.39 is 6.04 Å². The Morgan fingerprint density at radius 1 is 1.06 bits per heavy atom. The number of aryl methyl sites for hydroxylation is 1. The normalized spacial score (nSPS) is 15.8. The van der Waals surface area contributed by atoms with E-state index >= 15 is 0 Å². The minimum absolute atomic E-state index is 0.0871. The standard InChI is InChI=1S/C27H31N3O5/c1-2-14-28-27(33)25(29-26(32)21-9-10-22-23(17-21)35-18-34-22)20-12-15-30(16-13-20)24(31)11-8-19-6-4-3-5-7-19/h2-7,9-10,17,20,25H,1,8,11-16,18H2,(H,28,33)(H,29,32). The first-order valence-corrected chi connectivity index (χ1v) is 12.0. The molecule has 1 saturated heterocycles. The summed E-state index contributed by atoms with van der Waals surface area (Å²) in [5.41, 5.74) is 1.53. The molecule has 35 heavy (non-hydrogen) atoms. The number of benzene rings is 2. The number of hydrogen-bond acceptors (Lipinski definition) is 5. The number of fused-ring (bicyclic) bond motifs is 1. The van der Waals surface area contributed by atoms with Gasteiger partial charge in [-0.15, -0.1) is 6.58 Å². The maximum Gasteiger partial charge on any atom is 0.252 e. The lowest BCUT2D eigenvalue weighted by molar-refractivity contribution is -0.133. The molecule has 2 N–H and O–H groups in total. The summed E-state index contributed by atoms with van der Waals surface area (Å²) in [4.78, 5) is 40.5. The van der Waals surface area contributed by atoms with Crippen molar-refractivity contribution in [1.29, 1.82) is 0 Å². The highest BCUT2D eigenvalue weighted by molar-refractivity contribution is 5.98. The molecule has 1 atom stereocenters. The van der Waals surface area contributed by atoms with Gasteiger partial charge < -0.3 is 25.0 Å². The molecule has 8 heteroatoms. The fraction of sp³-hybridized carbons (Fsp3) is 0.370. The van der Waals surface area contributed by atoms with Crippen molar-refractivity contribution in [3.05, 3.63) is 72.3 Å². The highest BCUT2D eigenvalue weighted by Gasteiger charge is 2.34. The van der Waals surface area contributed by atoms with Crippen LogP contribution in [0.15, 0.2) is 61.2 Å². The van der Waals surface area contributed by atoms with Crippen molar-refractivity contribution < 1.29 is 23.9 Å². The maximum absolute atomic E-state index is 13.0. The van der Waals surface area contributed by atoms with Gasteiger partial charge >= 0.3 is 0 Å². The van der Waals surface area contributed by atoms with E-state index in [1.165, 1.54) is 0 Å². The molecule has 2 aromatic rings. The van der Waals surface area contributed by atoms with Crippen LogP contribution in [-0.4, -0.2) is 55.1 Å². The summed E-state index contributed by atoms with van der Waals surface area (Å²) in [6.45, 7) is 5.19. The Bertz CT molecular complexity index is 1060. The monoisotopic (exact) mass is 477 g/mol. The molecule has 0 spiro atoms. The number of likely N-dealkylation sites (tertiary alicyclic amines) is 1. The summed E-state index contributed by atoms with van der Waals surface area (Å²) in [6, 6.07) is 14.2. The van der Waals surface area contributed by atoms with E-state index in [-0.39, 0.29) is 30.4 Å². The summed E-state index contributed by atoms with van der Waals surface area (Å²) in [5, 5.41) is 5.71. The van der Waals surface area contributed by atoms with Gasteiger partial charge in [0.2, 0.25) is 18.6 Å².